The van der Waals surface area contributed by atoms with Crippen LogP contribution in [0.25, 0.3) is 0 Å². The molecule has 0 bridgehead atoms. The third kappa shape index (κ3) is 4.09. The lowest BCUT2D eigenvalue weighted by Gasteiger charge is -2.33. The summed E-state index contributed by atoms with van der Waals surface area (Å²) in [6.07, 6.45) is 14.8. The van der Waals surface area contributed by atoms with Gasteiger partial charge in [-0.1, -0.05) is 92.1 Å². The highest BCUT2D eigenvalue weighted by molar-refractivity contribution is 7.73. The second-order valence-corrected chi connectivity index (χ2v) is 9.67. The van der Waals surface area contributed by atoms with Gasteiger partial charge in [-0.05, 0) is 61.0 Å². The minimum Gasteiger partial charge on any atom is -0.117 e. The highest BCUT2D eigenvalue weighted by Gasteiger charge is 2.29. The average molecular weight is 358 g/mol. The van der Waals surface area contributed by atoms with Crippen LogP contribution in [0.15, 0.2) is 90.2 Å². The quantitative estimate of drug-likeness (QED) is 0.441. The van der Waals surface area contributed by atoms with E-state index in [-0.39, 0.29) is 7.92 Å². The molecule has 0 amide bonds. The monoisotopic (exact) mass is 358 g/mol. The molecule has 0 N–H and O–H groups in total. The number of hydrogen-bond acceptors (Lipinski definition) is 0. The predicted octanol–water partition coefficient (Wildman–Crippen LogP) is 5.97. The maximum absolute atomic E-state index is 3.55. The van der Waals surface area contributed by atoms with Gasteiger partial charge < -0.3 is 0 Å². The molecule has 0 unspecified atom stereocenters. The smallest absolute Gasteiger partial charge is 0.00148 e. The Balaban J connectivity index is 1.67. The van der Waals surface area contributed by atoms with Gasteiger partial charge in [0, 0.05) is 0 Å². The van der Waals surface area contributed by atoms with Gasteiger partial charge in [-0.25, -0.2) is 0 Å². The van der Waals surface area contributed by atoms with Crippen LogP contribution in [0.3, 0.4) is 0 Å². The van der Waals surface area contributed by atoms with Gasteiger partial charge in [0.1, 0.15) is 0 Å². The number of benzene rings is 2. The summed E-state index contributed by atoms with van der Waals surface area (Å²) in [6.45, 7) is 0. The summed E-state index contributed by atoms with van der Waals surface area (Å²) < 4.78 is 0. The Hall–Kier alpha value is -1.87. The van der Waals surface area contributed by atoms with Crippen molar-refractivity contribution in [3.05, 3.63) is 90.2 Å². The summed E-state index contributed by atoms with van der Waals surface area (Å²) in [5.41, 5.74) is 4.99. The summed E-state index contributed by atoms with van der Waals surface area (Å²) >= 11 is 0. The van der Waals surface area contributed by atoms with Crippen molar-refractivity contribution in [2.75, 3.05) is 6.16 Å². The molecule has 2 aromatic carbocycles. The van der Waals surface area contributed by atoms with E-state index in [1.807, 2.05) is 0 Å². The second-order valence-electron chi connectivity index (χ2n) is 7.41. The van der Waals surface area contributed by atoms with Crippen LogP contribution < -0.4 is 10.6 Å². The number of hydrogen-bond donors (Lipinski definition) is 0. The van der Waals surface area contributed by atoms with Crippen molar-refractivity contribution in [1.29, 1.82) is 0 Å². The molecule has 132 valence electrons. The van der Waals surface area contributed by atoms with E-state index in [9.17, 15) is 0 Å². The summed E-state index contributed by atoms with van der Waals surface area (Å²) in [6, 6.07) is 22.3. The van der Waals surface area contributed by atoms with Crippen LogP contribution in [0.5, 0.6) is 0 Å². The van der Waals surface area contributed by atoms with E-state index in [0.29, 0.717) is 5.92 Å². The van der Waals surface area contributed by atoms with Crippen molar-refractivity contribution < 1.29 is 0 Å². The summed E-state index contributed by atoms with van der Waals surface area (Å²) in [4.78, 5) is 0. The van der Waals surface area contributed by atoms with E-state index in [1.54, 1.807) is 0 Å². The lowest BCUT2D eigenvalue weighted by Crippen LogP contribution is -2.26. The fourth-order valence-electron chi connectivity index (χ4n) is 4.39. The molecule has 0 heterocycles. The van der Waals surface area contributed by atoms with Crippen molar-refractivity contribution in [1.82, 2.24) is 0 Å². The topological polar surface area (TPSA) is 0 Å². The number of rotatable bonds is 6. The first-order valence-electron chi connectivity index (χ1n) is 9.93. The van der Waals surface area contributed by atoms with Crippen LogP contribution in [-0.4, -0.2) is 6.16 Å². The van der Waals surface area contributed by atoms with Gasteiger partial charge >= 0.3 is 0 Å². The highest BCUT2D eigenvalue weighted by atomic mass is 31.1. The maximum atomic E-state index is 3.55. The average Bonchev–Trinajstić information content (AvgIpc) is 3.25. The normalized spacial score (nSPS) is 18.3. The van der Waals surface area contributed by atoms with Crippen LogP contribution in [0.2, 0.25) is 0 Å². The second kappa shape index (κ2) is 8.68. The molecule has 0 aromatic heterocycles. The zero-order chi connectivity index (χ0) is 17.6. The standard InChI is InChI=1S/C25H27P/c1-4-12-21(13-5-1)25(22-14-10-11-15-22)20-26(23-16-6-2-7-17-23)24-18-8-3-9-19-24/h2-3,6-11,14,16-19,21,25H,1,4-5,12-13,20H2/t25-/m1/s1. The highest BCUT2D eigenvalue weighted by Crippen LogP contribution is 2.44. The third-order valence-electron chi connectivity index (χ3n) is 5.76. The zero-order valence-electron chi connectivity index (χ0n) is 15.4. The maximum Gasteiger partial charge on any atom is -0.00148 e. The van der Waals surface area contributed by atoms with Gasteiger partial charge in [0.15, 0.2) is 0 Å². The first kappa shape index (κ1) is 17.5. The third-order valence-corrected chi connectivity index (χ3v) is 8.36. The summed E-state index contributed by atoms with van der Waals surface area (Å²) in [7, 11) is -0.340. The Morgan fingerprint density at radius 3 is 2.00 bits per heavy atom. The Morgan fingerprint density at radius 2 is 1.46 bits per heavy atom. The first-order chi connectivity index (χ1) is 12.9. The molecule has 0 saturated heterocycles. The Labute approximate surface area is 159 Å². The van der Waals surface area contributed by atoms with E-state index < -0.39 is 0 Å². The van der Waals surface area contributed by atoms with Gasteiger partial charge in [0.2, 0.25) is 0 Å². The molecule has 1 saturated carbocycles. The predicted molar refractivity (Wildman–Crippen MR) is 115 cm³/mol. The van der Waals surface area contributed by atoms with Gasteiger partial charge in [-0.15, -0.1) is 5.73 Å². The number of allylic oxidation sites excluding steroid dienone is 3. The molecule has 0 aliphatic heterocycles. The van der Waals surface area contributed by atoms with E-state index in [0.717, 1.165) is 5.92 Å². The molecule has 1 fully saturated rings. The minimum atomic E-state index is -0.340. The van der Waals surface area contributed by atoms with Gasteiger partial charge in [-0.3, -0.25) is 0 Å². The molecular formula is C25H27P. The molecule has 0 nitrogen and oxygen atoms in total. The molecule has 2 aliphatic carbocycles. The molecule has 1 heteroatoms. The zero-order valence-corrected chi connectivity index (χ0v) is 16.2. The summed E-state index contributed by atoms with van der Waals surface area (Å²) in [5, 5.41) is 3.00. The lowest BCUT2D eigenvalue weighted by atomic mass is 9.78. The molecule has 4 rings (SSSR count). The minimum absolute atomic E-state index is 0.340. The first-order valence-corrected chi connectivity index (χ1v) is 11.5. The molecule has 2 aliphatic rings. The van der Waals surface area contributed by atoms with Gasteiger partial charge in [-0.2, -0.15) is 0 Å². The van der Waals surface area contributed by atoms with E-state index in [2.05, 4.69) is 84.6 Å². The molecule has 1 atom stereocenters. The SMILES string of the molecule is C1=CC=CC=1[C@H](CP(c1ccccc1)c1ccccc1)C1CCCCC1. The molecule has 26 heavy (non-hydrogen) atoms. The Morgan fingerprint density at radius 1 is 0.846 bits per heavy atom. The molecule has 2 aromatic rings. The van der Waals surface area contributed by atoms with E-state index >= 15 is 0 Å². The summed E-state index contributed by atoms with van der Waals surface area (Å²) in [5.74, 6) is 1.46. The largest absolute Gasteiger partial charge is 0.117 e. The van der Waals surface area contributed by atoms with Crippen molar-refractivity contribution in [2.45, 2.75) is 32.1 Å². The lowest BCUT2D eigenvalue weighted by molar-refractivity contribution is 0.296. The van der Waals surface area contributed by atoms with E-state index in [4.69, 9.17) is 0 Å². The van der Waals surface area contributed by atoms with Crippen molar-refractivity contribution in [2.24, 2.45) is 11.8 Å². The van der Waals surface area contributed by atoms with Crippen LogP contribution in [0.4, 0.5) is 0 Å². The van der Waals surface area contributed by atoms with Crippen LogP contribution in [0, 0.1) is 11.8 Å². The molecule has 0 radical (unpaired) electrons. The van der Waals surface area contributed by atoms with Crippen LogP contribution in [-0.2, 0) is 0 Å². The van der Waals surface area contributed by atoms with Crippen molar-refractivity contribution in [3.63, 3.8) is 0 Å². The molecular weight excluding hydrogens is 331 g/mol. The van der Waals surface area contributed by atoms with Gasteiger partial charge in [0.25, 0.3) is 0 Å². The van der Waals surface area contributed by atoms with Crippen molar-refractivity contribution >= 4 is 18.5 Å². The van der Waals surface area contributed by atoms with Crippen LogP contribution >= 0.6 is 7.92 Å². The van der Waals surface area contributed by atoms with E-state index in [1.165, 1.54) is 54.4 Å². The Kier molecular flexibility index (Phi) is 5.85. The fraction of sp³-hybridized carbons (Fsp3) is 0.320. The Bertz CT molecular complexity index is 751. The van der Waals surface area contributed by atoms with Gasteiger partial charge in [0.05, 0.1) is 0 Å². The van der Waals surface area contributed by atoms with Crippen LogP contribution in [0.1, 0.15) is 32.1 Å². The molecule has 0 spiro atoms. The fourth-order valence-corrected chi connectivity index (χ4v) is 7.06. The van der Waals surface area contributed by atoms with Crippen molar-refractivity contribution in [3.8, 4) is 0 Å².